The summed E-state index contributed by atoms with van der Waals surface area (Å²) in [5.74, 6) is 0. The first-order valence-corrected chi connectivity index (χ1v) is 5.16. The third-order valence-electron chi connectivity index (χ3n) is 1.95. The zero-order valence-corrected chi connectivity index (χ0v) is 9.39. The number of alkyl halides is 2. The number of halogens is 3. The molecule has 0 saturated carbocycles. The van der Waals surface area contributed by atoms with Crippen molar-refractivity contribution in [2.75, 3.05) is 6.54 Å². The zero-order chi connectivity index (χ0) is 10.6. The smallest absolute Gasteiger partial charge is 0.250 e. The zero-order valence-electron chi connectivity index (χ0n) is 7.81. The minimum absolute atomic E-state index is 0.0698. The van der Waals surface area contributed by atoms with Crippen LogP contribution in [-0.4, -0.2) is 13.0 Å². The number of hydrogen-bond donors (Lipinski definition) is 1. The van der Waals surface area contributed by atoms with Crippen molar-refractivity contribution in [3.63, 3.8) is 0 Å². The first-order valence-electron chi connectivity index (χ1n) is 4.37. The largest absolute Gasteiger partial charge is 0.305 e. The van der Waals surface area contributed by atoms with Gasteiger partial charge < -0.3 is 5.32 Å². The summed E-state index contributed by atoms with van der Waals surface area (Å²) in [6, 6.07) is 7.52. The van der Waals surface area contributed by atoms with Crippen LogP contribution in [0.2, 0.25) is 0 Å². The van der Waals surface area contributed by atoms with Crippen LogP contribution in [0.5, 0.6) is 0 Å². The van der Waals surface area contributed by atoms with Gasteiger partial charge in [0.2, 0.25) is 0 Å². The van der Waals surface area contributed by atoms with Gasteiger partial charge in [-0.1, -0.05) is 34.1 Å². The second kappa shape index (κ2) is 5.41. The first-order chi connectivity index (χ1) is 6.61. The van der Waals surface area contributed by atoms with E-state index in [9.17, 15) is 8.78 Å². The highest BCUT2D eigenvalue weighted by atomic mass is 79.9. The van der Waals surface area contributed by atoms with Crippen LogP contribution in [0.4, 0.5) is 8.78 Å². The Hall–Kier alpha value is -0.480. The second-order valence-electron chi connectivity index (χ2n) is 3.04. The Kier molecular flexibility index (Phi) is 4.48. The van der Waals surface area contributed by atoms with Crippen molar-refractivity contribution < 1.29 is 8.78 Å². The first kappa shape index (κ1) is 11.6. The molecule has 1 aromatic rings. The van der Waals surface area contributed by atoms with E-state index in [2.05, 4.69) is 21.2 Å². The standard InChI is InChI=1S/C10H12BrF2N/c1-7(14-6-10(12)13)8-4-2-3-5-9(8)11/h2-5,7,10,14H,6H2,1H3. The summed E-state index contributed by atoms with van der Waals surface area (Å²) < 4.78 is 24.8. The predicted octanol–water partition coefficient (Wildman–Crippen LogP) is 3.36. The van der Waals surface area contributed by atoms with Crippen molar-refractivity contribution in [1.82, 2.24) is 5.32 Å². The molecule has 0 aliphatic heterocycles. The van der Waals surface area contributed by atoms with Crippen LogP contribution in [-0.2, 0) is 0 Å². The van der Waals surface area contributed by atoms with Gasteiger partial charge in [0, 0.05) is 10.5 Å². The molecule has 14 heavy (non-hydrogen) atoms. The third-order valence-corrected chi connectivity index (χ3v) is 2.67. The molecule has 1 atom stereocenters. The molecule has 0 radical (unpaired) electrons. The minimum Gasteiger partial charge on any atom is -0.305 e. The lowest BCUT2D eigenvalue weighted by atomic mass is 10.1. The maximum atomic E-state index is 11.9. The molecule has 0 saturated heterocycles. The van der Waals surface area contributed by atoms with Crippen molar-refractivity contribution in [2.24, 2.45) is 0 Å². The van der Waals surface area contributed by atoms with Crippen LogP contribution in [0, 0.1) is 0 Å². The van der Waals surface area contributed by atoms with E-state index in [0.29, 0.717) is 0 Å². The fourth-order valence-electron chi connectivity index (χ4n) is 1.20. The van der Waals surface area contributed by atoms with E-state index in [0.717, 1.165) is 10.0 Å². The number of hydrogen-bond acceptors (Lipinski definition) is 1. The molecule has 1 N–H and O–H groups in total. The van der Waals surface area contributed by atoms with Crippen LogP contribution in [0.3, 0.4) is 0 Å². The summed E-state index contributed by atoms with van der Waals surface area (Å²) in [4.78, 5) is 0. The van der Waals surface area contributed by atoms with Gasteiger partial charge in [-0.15, -0.1) is 0 Å². The molecule has 0 aliphatic rings. The molecule has 0 fully saturated rings. The maximum Gasteiger partial charge on any atom is 0.250 e. The summed E-state index contributed by atoms with van der Waals surface area (Å²) in [6.45, 7) is 1.59. The summed E-state index contributed by atoms with van der Waals surface area (Å²) in [5.41, 5.74) is 0.994. The van der Waals surface area contributed by atoms with Gasteiger partial charge in [0.15, 0.2) is 0 Å². The van der Waals surface area contributed by atoms with Gasteiger partial charge >= 0.3 is 0 Å². The molecule has 0 aromatic heterocycles. The highest BCUT2D eigenvalue weighted by Crippen LogP contribution is 2.22. The maximum absolute atomic E-state index is 11.9. The average molecular weight is 264 g/mol. The van der Waals surface area contributed by atoms with E-state index < -0.39 is 6.43 Å². The Bertz CT molecular complexity index is 291. The highest BCUT2D eigenvalue weighted by Gasteiger charge is 2.10. The second-order valence-corrected chi connectivity index (χ2v) is 3.90. The van der Waals surface area contributed by atoms with Gasteiger partial charge in [-0.2, -0.15) is 0 Å². The molecular formula is C10H12BrF2N. The van der Waals surface area contributed by atoms with E-state index >= 15 is 0 Å². The fourth-order valence-corrected chi connectivity index (χ4v) is 1.83. The quantitative estimate of drug-likeness (QED) is 0.879. The van der Waals surface area contributed by atoms with Gasteiger partial charge in [0.25, 0.3) is 6.43 Å². The van der Waals surface area contributed by atoms with Gasteiger partial charge in [0.1, 0.15) is 0 Å². The number of nitrogens with one attached hydrogen (secondary N) is 1. The van der Waals surface area contributed by atoms with E-state index in [1.165, 1.54) is 0 Å². The summed E-state index contributed by atoms with van der Waals surface area (Å²) in [5, 5.41) is 2.76. The Labute approximate surface area is 90.6 Å². The lowest BCUT2D eigenvalue weighted by Crippen LogP contribution is -2.24. The van der Waals surface area contributed by atoms with Crippen molar-refractivity contribution in [3.05, 3.63) is 34.3 Å². The lowest BCUT2D eigenvalue weighted by Gasteiger charge is -2.15. The topological polar surface area (TPSA) is 12.0 Å². The Morgan fingerprint density at radius 3 is 2.57 bits per heavy atom. The molecule has 0 aliphatic carbocycles. The molecule has 0 spiro atoms. The molecule has 1 rings (SSSR count). The van der Waals surface area contributed by atoms with E-state index in [4.69, 9.17) is 0 Å². The van der Waals surface area contributed by atoms with Crippen molar-refractivity contribution in [3.8, 4) is 0 Å². The van der Waals surface area contributed by atoms with Gasteiger partial charge in [0.05, 0.1) is 6.54 Å². The average Bonchev–Trinajstić information content (AvgIpc) is 2.15. The monoisotopic (exact) mass is 263 g/mol. The molecule has 0 bridgehead atoms. The molecule has 1 unspecified atom stereocenters. The Balaban J connectivity index is 2.60. The van der Waals surface area contributed by atoms with E-state index in [-0.39, 0.29) is 12.6 Å². The molecule has 0 heterocycles. The van der Waals surface area contributed by atoms with Crippen LogP contribution in [0.1, 0.15) is 18.5 Å². The molecular weight excluding hydrogens is 252 g/mol. The van der Waals surface area contributed by atoms with Gasteiger partial charge in [-0.05, 0) is 18.6 Å². The third kappa shape index (κ3) is 3.35. The van der Waals surface area contributed by atoms with Crippen LogP contribution >= 0.6 is 15.9 Å². The minimum atomic E-state index is -2.31. The Morgan fingerprint density at radius 1 is 1.36 bits per heavy atom. The van der Waals surface area contributed by atoms with Crippen LogP contribution < -0.4 is 5.32 Å². The van der Waals surface area contributed by atoms with Gasteiger partial charge in [-0.25, -0.2) is 8.78 Å². The van der Waals surface area contributed by atoms with Crippen LogP contribution in [0.25, 0.3) is 0 Å². The summed E-state index contributed by atoms with van der Waals surface area (Å²) in [7, 11) is 0. The fraction of sp³-hybridized carbons (Fsp3) is 0.400. The van der Waals surface area contributed by atoms with Crippen molar-refractivity contribution >= 4 is 15.9 Å². The molecule has 1 aromatic carbocycles. The Morgan fingerprint density at radius 2 is 2.00 bits per heavy atom. The molecule has 1 nitrogen and oxygen atoms in total. The molecule has 4 heteroatoms. The normalized spacial score (nSPS) is 13.2. The SMILES string of the molecule is CC(NCC(F)F)c1ccccc1Br. The van der Waals surface area contributed by atoms with Crippen LogP contribution in [0.15, 0.2) is 28.7 Å². The highest BCUT2D eigenvalue weighted by molar-refractivity contribution is 9.10. The molecule has 0 amide bonds. The molecule has 78 valence electrons. The van der Waals surface area contributed by atoms with Gasteiger partial charge in [-0.3, -0.25) is 0 Å². The number of benzene rings is 1. The van der Waals surface area contributed by atoms with E-state index in [1.54, 1.807) is 0 Å². The summed E-state index contributed by atoms with van der Waals surface area (Å²) in [6.07, 6.45) is -2.31. The predicted molar refractivity (Wildman–Crippen MR) is 56.6 cm³/mol. The van der Waals surface area contributed by atoms with Crippen molar-refractivity contribution in [2.45, 2.75) is 19.4 Å². The van der Waals surface area contributed by atoms with Crippen molar-refractivity contribution in [1.29, 1.82) is 0 Å². The number of rotatable bonds is 4. The summed E-state index contributed by atoms with van der Waals surface area (Å²) >= 11 is 3.38. The lowest BCUT2D eigenvalue weighted by molar-refractivity contribution is 0.142. The van der Waals surface area contributed by atoms with E-state index in [1.807, 2.05) is 31.2 Å².